The molecule has 0 fully saturated rings. The van der Waals surface area contributed by atoms with Gasteiger partial charge in [0.2, 0.25) is 0 Å². The molecule has 0 saturated carbocycles. The summed E-state index contributed by atoms with van der Waals surface area (Å²) < 4.78 is 0. The molecule has 0 radical (unpaired) electrons. The lowest BCUT2D eigenvalue weighted by molar-refractivity contribution is 0.267. The third kappa shape index (κ3) is 3.35. The molecule has 0 nitrogen and oxygen atoms in total. The van der Waals surface area contributed by atoms with Crippen LogP contribution in [0.15, 0.2) is 18.2 Å². The first-order valence-corrected chi connectivity index (χ1v) is 8.38. The molecular formula is C15H22Br2. The van der Waals surface area contributed by atoms with Crippen molar-refractivity contribution >= 4 is 31.9 Å². The molecule has 0 atom stereocenters. The summed E-state index contributed by atoms with van der Waals surface area (Å²) in [6.45, 7) is 9.07. The predicted molar refractivity (Wildman–Crippen MR) is 84.5 cm³/mol. The highest BCUT2D eigenvalue weighted by Crippen LogP contribution is 2.37. The van der Waals surface area contributed by atoms with Crippen LogP contribution in [-0.4, -0.2) is 10.7 Å². The standard InChI is InChI=1S/C15H22Br2/c1-11(2)15(9-16,10-17)8-14-12(3)6-5-7-13(14)4/h5-7,11H,8-10H2,1-4H3. The number of aryl methyl sites for hydroxylation is 2. The molecular weight excluding hydrogens is 340 g/mol. The van der Waals surface area contributed by atoms with Crippen molar-refractivity contribution in [2.45, 2.75) is 34.1 Å². The second-order valence-corrected chi connectivity index (χ2v) is 6.45. The molecule has 0 aromatic heterocycles. The van der Waals surface area contributed by atoms with Crippen LogP contribution in [0, 0.1) is 25.2 Å². The molecule has 0 heterocycles. The second-order valence-electron chi connectivity index (χ2n) is 5.33. The second kappa shape index (κ2) is 6.38. The van der Waals surface area contributed by atoms with Gasteiger partial charge in [-0.2, -0.15) is 0 Å². The molecule has 0 saturated heterocycles. The van der Waals surface area contributed by atoms with E-state index in [4.69, 9.17) is 0 Å². The molecule has 1 aromatic carbocycles. The lowest BCUT2D eigenvalue weighted by atomic mass is 9.74. The Morgan fingerprint density at radius 3 is 1.88 bits per heavy atom. The fourth-order valence-electron chi connectivity index (χ4n) is 2.12. The maximum absolute atomic E-state index is 3.71. The van der Waals surface area contributed by atoms with Crippen LogP contribution in [0.4, 0.5) is 0 Å². The molecule has 1 aromatic rings. The molecule has 17 heavy (non-hydrogen) atoms. The monoisotopic (exact) mass is 360 g/mol. The van der Waals surface area contributed by atoms with Crippen molar-refractivity contribution in [3.8, 4) is 0 Å². The van der Waals surface area contributed by atoms with Crippen molar-refractivity contribution in [1.82, 2.24) is 0 Å². The van der Waals surface area contributed by atoms with E-state index in [-0.39, 0.29) is 0 Å². The SMILES string of the molecule is Cc1cccc(C)c1CC(CBr)(CBr)C(C)C. The Bertz CT molecular complexity index is 345. The predicted octanol–water partition coefficient (Wildman–Crippen LogP) is 5.28. The average molecular weight is 362 g/mol. The van der Waals surface area contributed by atoms with E-state index < -0.39 is 0 Å². The maximum atomic E-state index is 3.71. The summed E-state index contributed by atoms with van der Waals surface area (Å²) in [5.41, 5.74) is 4.64. The zero-order valence-electron chi connectivity index (χ0n) is 11.2. The summed E-state index contributed by atoms with van der Waals surface area (Å²) in [6, 6.07) is 6.58. The number of halogens is 2. The van der Waals surface area contributed by atoms with Crippen molar-refractivity contribution in [3.05, 3.63) is 34.9 Å². The van der Waals surface area contributed by atoms with E-state index in [1.807, 2.05) is 0 Å². The van der Waals surface area contributed by atoms with Crippen LogP contribution in [0.3, 0.4) is 0 Å². The number of hydrogen-bond donors (Lipinski definition) is 0. The number of benzene rings is 1. The van der Waals surface area contributed by atoms with E-state index in [1.54, 1.807) is 0 Å². The lowest BCUT2D eigenvalue weighted by Gasteiger charge is -2.35. The minimum atomic E-state index is 0.302. The van der Waals surface area contributed by atoms with E-state index >= 15 is 0 Å². The van der Waals surface area contributed by atoms with Gasteiger partial charge in [0.25, 0.3) is 0 Å². The van der Waals surface area contributed by atoms with Crippen molar-refractivity contribution in [1.29, 1.82) is 0 Å². The molecule has 0 aliphatic carbocycles. The van der Waals surface area contributed by atoms with Gasteiger partial charge < -0.3 is 0 Å². The molecule has 1 rings (SSSR count). The first kappa shape index (κ1) is 15.2. The molecule has 0 spiro atoms. The van der Waals surface area contributed by atoms with Gasteiger partial charge in [0.15, 0.2) is 0 Å². The quantitative estimate of drug-likeness (QED) is 0.626. The van der Waals surface area contributed by atoms with Crippen LogP contribution >= 0.6 is 31.9 Å². The van der Waals surface area contributed by atoms with Gasteiger partial charge in [0.05, 0.1) is 0 Å². The number of hydrogen-bond acceptors (Lipinski definition) is 0. The summed E-state index contributed by atoms with van der Waals surface area (Å²) in [4.78, 5) is 0. The zero-order chi connectivity index (χ0) is 13.1. The van der Waals surface area contributed by atoms with Gasteiger partial charge in [-0.15, -0.1) is 0 Å². The first-order chi connectivity index (χ1) is 7.96. The third-order valence-corrected chi connectivity index (χ3v) is 6.16. The summed E-state index contributed by atoms with van der Waals surface area (Å²) in [7, 11) is 0. The van der Waals surface area contributed by atoms with Gasteiger partial charge in [0, 0.05) is 10.7 Å². The van der Waals surface area contributed by atoms with Gasteiger partial charge in [-0.25, -0.2) is 0 Å². The molecule has 0 unspecified atom stereocenters. The van der Waals surface area contributed by atoms with E-state index in [9.17, 15) is 0 Å². The van der Waals surface area contributed by atoms with Gasteiger partial charge in [-0.3, -0.25) is 0 Å². The molecule has 0 N–H and O–H groups in total. The smallest absolute Gasteiger partial charge is 0.0102 e. The van der Waals surface area contributed by atoms with Crippen LogP contribution in [0.25, 0.3) is 0 Å². The van der Waals surface area contributed by atoms with Gasteiger partial charge in [-0.1, -0.05) is 63.9 Å². The highest BCUT2D eigenvalue weighted by Gasteiger charge is 2.32. The topological polar surface area (TPSA) is 0 Å². The number of rotatable bonds is 5. The van der Waals surface area contributed by atoms with E-state index in [0.717, 1.165) is 17.1 Å². The maximum Gasteiger partial charge on any atom is 0.0102 e. The normalized spacial score (nSPS) is 12.2. The lowest BCUT2D eigenvalue weighted by Crippen LogP contribution is -2.34. The van der Waals surface area contributed by atoms with E-state index in [2.05, 4.69) is 77.8 Å². The summed E-state index contributed by atoms with van der Waals surface area (Å²) in [5, 5.41) is 2.08. The van der Waals surface area contributed by atoms with Crippen LogP contribution in [0.1, 0.15) is 30.5 Å². The Morgan fingerprint density at radius 2 is 1.53 bits per heavy atom. The van der Waals surface area contributed by atoms with Crippen LogP contribution in [0.2, 0.25) is 0 Å². The summed E-state index contributed by atoms with van der Waals surface area (Å²) >= 11 is 7.42. The fraction of sp³-hybridized carbons (Fsp3) is 0.600. The van der Waals surface area contributed by atoms with Crippen molar-refractivity contribution < 1.29 is 0 Å². The summed E-state index contributed by atoms with van der Waals surface area (Å²) in [5.74, 6) is 0.653. The summed E-state index contributed by atoms with van der Waals surface area (Å²) in [6.07, 6.45) is 1.14. The minimum absolute atomic E-state index is 0.302. The Labute approximate surface area is 122 Å². The highest BCUT2D eigenvalue weighted by molar-refractivity contribution is 9.09. The molecule has 96 valence electrons. The van der Waals surface area contributed by atoms with Crippen molar-refractivity contribution in [3.63, 3.8) is 0 Å². The van der Waals surface area contributed by atoms with Crippen LogP contribution in [-0.2, 0) is 6.42 Å². The van der Waals surface area contributed by atoms with Crippen LogP contribution in [0.5, 0.6) is 0 Å². The molecule has 0 bridgehead atoms. The Balaban J connectivity index is 3.10. The zero-order valence-corrected chi connectivity index (χ0v) is 14.4. The van der Waals surface area contributed by atoms with Crippen molar-refractivity contribution in [2.75, 3.05) is 10.7 Å². The first-order valence-electron chi connectivity index (χ1n) is 6.14. The van der Waals surface area contributed by atoms with Crippen LogP contribution < -0.4 is 0 Å². The van der Waals surface area contributed by atoms with E-state index in [1.165, 1.54) is 16.7 Å². The highest BCUT2D eigenvalue weighted by atomic mass is 79.9. The largest absolute Gasteiger partial charge is 0.0921 e. The van der Waals surface area contributed by atoms with Gasteiger partial charge in [0.1, 0.15) is 0 Å². The molecule has 0 aliphatic rings. The fourth-order valence-corrected chi connectivity index (χ4v) is 4.74. The van der Waals surface area contributed by atoms with Gasteiger partial charge in [-0.05, 0) is 48.3 Å². The molecule has 0 aliphatic heterocycles. The van der Waals surface area contributed by atoms with Gasteiger partial charge >= 0.3 is 0 Å². The Kier molecular flexibility index (Phi) is 5.72. The average Bonchev–Trinajstić information content (AvgIpc) is 2.29. The Hall–Kier alpha value is 0.180. The van der Waals surface area contributed by atoms with Crippen molar-refractivity contribution in [2.24, 2.45) is 11.3 Å². The van der Waals surface area contributed by atoms with E-state index in [0.29, 0.717) is 11.3 Å². The minimum Gasteiger partial charge on any atom is -0.0921 e. The Morgan fingerprint density at radius 1 is 1.06 bits per heavy atom. The third-order valence-electron chi connectivity index (χ3n) is 3.93. The number of alkyl halides is 2. The molecule has 2 heteroatoms. The molecule has 0 amide bonds.